The minimum atomic E-state index is -0.282. The van der Waals surface area contributed by atoms with Gasteiger partial charge in [0.15, 0.2) is 28.7 Å². The SMILES string of the molecule is CCCN(CCC)Cc1nc2c(O)c(Cl)cc(Cl)c2c(=O)n1C.CCCN(CCC)Cc1nc2c(O)c(Cl)cc(Cl)c2c(=O)n1CC.CCCNCc1nc2c(O)c(Cl)cc(Cl)c2c(=O)n1CC.CCCn1c(CN(C)C)nc2c(O)c(Cl)cc(Cl)c2c1=O.CCCn1c(CNCC)nc2c(O)c(Cl)cc(Cl)c2c1=O. The van der Waals surface area contributed by atoms with Crippen LogP contribution >= 0.6 is 116 Å². The summed E-state index contributed by atoms with van der Waals surface area (Å²) in [5.41, 5.74) is -0.527. The number of aromatic nitrogens is 10. The van der Waals surface area contributed by atoms with Crippen molar-refractivity contribution in [1.29, 1.82) is 0 Å². The van der Waals surface area contributed by atoms with Crippen molar-refractivity contribution >= 4 is 171 Å². The van der Waals surface area contributed by atoms with Crippen molar-refractivity contribution in [2.45, 2.75) is 173 Å². The highest BCUT2D eigenvalue weighted by Crippen LogP contribution is 2.40. The summed E-state index contributed by atoms with van der Waals surface area (Å²) in [4.78, 5) is 91.9. The summed E-state index contributed by atoms with van der Waals surface area (Å²) < 4.78 is 7.83. The summed E-state index contributed by atoms with van der Waals surface area (Å²) >= 11 is 60.2. The summed E-state index contributed by atoms with van der Waals surface area (Å²) in [5, 5.41) is 59.3. The Bertz CT molecular complexity index is 5240. The molecule has 0 spiro atoms. The lowest BCUT2D eigenvalue weighted by Gasteiger charge is -2.22. The van der Waals surface area contributed by atoms with Crippen LogP contribution in [0.5, 0.6) is 28.7 Å². The van der Waals surface area contributed by atoms with Crippen LogP contribution in [0.3, 0.4) is 0 Å². The number of rotatable bonds is 27. The molecule has 0 unspecified atom stereocenters. The van der Waals surface area contributed by atoms with E-state index in [1.54, 1.807) is 25.3 Å². The fraction of sp³-hybridized carbons (Fsp3) is 0.467. The Balaban J connectivity index is 0.000000215. The van der Waals surface area contributed by atoms with Gasteiger partial charge >= 0.3 is 0 Å². The number of hydrogen-bond donors (Lipinski definition) is 7. The van der Waals surface area contributed by atoms with Crippen molar-refractivity contribution in [3.63, 3.8) is 0 Å². The first kappa shape index (κ1) is 92.4. The molecule has 5 aromatic heterocycles. The van der Waals surface area contributed by atoms with Crippen molar-refractivity contribution in [2.75, 3.05) is 53.4 Å². The van der Waals surface area contributed by atoms with E-state index < -0.39 is 0 Å². The Kier molecular flexibility index (Phi) is 36.2. The molecule has 0 saturated carbocycles. The zero-order valence-electron chi connectivity index (χ0n) is 63.8. The number of benzene rings is 5. The molecule has 0 radical (unpaired) electrons. The first-order valence-corrected chi connectivity index (χ1v) is 40.0. The summed E-state index contributed by atoms with van der Waals surface area (Å²) in [6, 6.07) is 6.84. The van der Waals surface area contributed by atoms with Crippen LogP contribution in [0.25, 0.3) is 54.5 Å². The van der Waals surface area contributed by atoms with Gasteiger partial charge in [0, 0.05) is 33.2 Å². The standard InChI is InChI=1S/C17H23Cl2N3O2.C16H21Cl2N3O2.3C14H17Cl2N3O2/c1-4-7-21(8-5-2)10-13-20-15-14(17(24)22(13)6-3)11(18)9-12(19)16(15)23;1-4-6-21(7-5-2)9-12-19-14-13(16(23)20(12)3)10(17)8-11(18)15(14)22;1-4-5-19-10(7-18(2)3)17-12-11(14(19)21)8(15)6-9(16)13(12)20;1-3-5-17-7-10-18-12-11(14(21)19(10)4-2)8(15)6-9(16)13(12)20;1-3-5-19-10(7-17-4-2)18-12-11(14(19)21)8(15)6-9(16)13(12)20/h9,23H,4-8,10H2,1-3H3;8,22H,4-7,9H2,1-3H3;6,20H,4-5,7H2,1-3H3;2*6,17,20H,3-5,7H2,1-2H3. The van der Waals surface area contributed by atoms with Gasteiger partial charge in [-0.1, -0.05) is 171 Å². The quantitative estimate of drug-likeness (QED) is 0.0235. The number of halogens is 10. The molecule has 0 amide bonds. The van der Waals surface area contributed by atoms with E-state index in [9.17, 15) is 49.5 Å². The number of phenols is 5. The Hall–Kier alpha value is -6.50. The number of fused-ring (bicyclic) bond motifs is 5. The van der Waals surface area contributed by atoms with Crippen LogP contribution in [0.2, 0.25) is 50.2 Å². The van der Waals surface area contributed by atoms with Crippen molar-refractivity contribution in [3.8, 4) is 28.7 Å². The van der Waals surface area contributed by atoms with E-state index in [1.807, 2.05) is 53.6 Å². The van der Waals surface area contributed by atoms with Gasteiger partial charge in [-0.15, -0.1) is 0 Å². The molecular weight excluding hydrogens is 1630 g/mol. The summed E-state index contributed by atoms with van der Waals surface area (Å²) in [6.45, 7) is 30.0. The second-order valence-electron chi connectivity index (χ2n) is 25.8. The van der Waals surface area contributed by atoms with Crippen LogP contribution in [0.1, 0.15) is 143 Å². The molecule has 0 aliphatic carbocycles. The highest BCUT2D eigenvalue weighted by Gasteiger charge is 2.25. The highest BCUT2D eigenvalue weighted by atomic mass is 35.5. The molecule has 0 aliphatic heterocycles. The third-order valence-electron chi connectivity index (χ3n) is 17.2. The Labute approximate surface area is 687 Å². The van der Waals surface area contributed by atoms with Crippen molar-refractivity contribution in [1.82, 2.24) is 73.1 Å². The largest absolute Gasteiger partial charge is 0.504 e. The van der Waals surface area contributed by atoms with Gasteiger partial charge < -0.3 is 41.1 Å². The molecule has 35 heteroatoms. The van der Waals surface area contributed by atoms with E-state index in [0.29, 0.717) is 88.0 Å². The molecule has 0 saturated heterocycles. The maximum absolute atomic E-state index is 12.8. The molecule has 10 rings (SSSR count). The smallest absolute Gasteiger partial charge is 0.263 e. The van der Waals surface area contributed by atoms with E-state index in [-0.39, 0.29) is 161 Å². The van der Waals surface area contributed by atoms with Crippen LogP contribution < -0.4 is 38.4 Å². The van der Waals surface area contributed by atoms with Gasteiger partial charge in [0.2, 0.25) is 0 Å². The lowest BCUT2D eigenvalue weighted by atomic mass is 10.2. The minimum absolute atomic E-state index is 0.0844. The van der Waals surface area contributed by atoms with Gasteiger partial charge in [0.05, 0.1) is 110 Å². The fourth-order valence-corrected chi connectivity index (χ4v) is 14.8. The first-order chi connectivity index (χ1) is 52.2. The van der Waals surface area contributed by atoms with Gasteiger partial charge in [-0.25, -0.2) is 24.9 Å². The number of nitrogens with zero attached hydrogens (tertiary/aromatic N) is 13. The Morgan fingerprint density at radius 2 is 0.618 bits per heavy atom. The van der Waals surface area contributed by atoms with Gasteiger partial charge in [-0.05, 0) is 142 Å². The van der Waals surface area contributed by atoms with Gasteiger partial charge in [0.25, 0.3) is 27.8 Å². The molecule has 0 atom stereocenters. The minimum Gasteiger partial charge on any atom is -0.504 e. The molecule has 10 aromatic rings. The van der Waals surface area contributed by atoms with E-state index in [2.05, 4.69) is 80.0 Å². The van der Waals surface area contributed by atoms with Gasteiger partial charge in [-0.3, -0.25) is 56.6 Å². The summed E-state index contributed by atoms with van der Waals surface area (Å²) in [6.07, 6.45) is 6.65. The molecule has 0 aliphatic rings. The van der Waals surface area contributed by atoms with E-state index in [1.165, 1.54) is 34.9 Å². The molecule has 25 nitrogen and oxygen atoms in total. The van der Waals surface area contributed by atoms with Gasteiger partial charge in [0.1, 0.15) is 56.7 Å². The predicted octanol–water partition coefficient (Wildman–Crippen LogP) is 16.4. The average molecular weight is 1720 g/mol. The van der Waals surface area contributed by atoms with Crippen LogP contribution in [0.15, 0.2) is 54.3 Å². The second-order valence-corrected chi connectivity index (χ2v) is 29.9. The molecule has 110 heavy (non-hydrogen) atoms. The third kappa shape index (κ3) is 21.9. The second kappa shape index (κ2) is 43.1. The predicted molar refractivity (Wildman–Crippen MR) is 450 cm³/mol. The van der Waals surface area contributed by atoms with Crippen LogP contribution in [0, 0.1) is 0 Å². The third-order valence-corrected chi connectivity index (χ3v) is 20.1. The molecular formula is C75H95Cl10N15O10. The summed E-state index contributed by atoms with van der Waals surface area (Å²) in [7, 11) is 5.44. The Morgan fingerprint density at radius 3 is 0.927 bits per heavy atom. The van der Waals surface area contributed by atoms with E-state index in [4.69, 9.17) is 116 Å². The zero-order chi connectivity index (χ0) is 81.9. The van der Waals surface area contributed by atoms with Crippen molar-refractivity contribution < 1.29 is 25.5 Å². The maximum Gasteiger partial charge on any atom is 0.263 e. The van der Waals surface area contributed by atoms with Gasteiger partial charge in [-0.2, -0.15) is 0 Å². The molecule has 5 aromatic carbocycles. The molecule has 600 valence electrons. The molecule has 5 heterocycles. The van der Waals surface area contributed by atoms with Crippen molar-refractivity contribution in [2.24, 2.45) is 7.05 Å². The average Bonchev–Trinajstić information content (AvgIpc) is 0.791. The number of nitrogens with one attached hydrogen (secondary N) is 2. The van der Waals surface area contributed by atoms with Crippen molar-refractivity contribution in [3.05, 3.63) is 161 Å². The van der Waals surface area contributed by atoms with Crippen LogP contribution in [-0.4, -0.2) is 141 Å². The van der Waals surface area contributed by atoms with Crippen LogP contribution in [-0.2, 0) is 66.0 Å². The van der Waals surface area contributed by atoms with E-state index in [0.717, 1.165) is 84.2 Å². The van der Waals surface area contributed by atoms with E-state index >= 15 is 0 Å². The number of phenolic OH excluding ortho intramolecular Hbond substituents is 5. The number of hydrogen-bond acceptors (Lipinski definition) is 20. The fourth-order valence-electron chi connectivity index (χ4n) is 12.1. The monoisotopic (exact) mass is 1720 g/mol. The normalized spacial score (nSPS) is 11.4. The summed E-state index contributed by atoms with van der Waals surface area (Å²) in [5.74, 6) is 1.84. The van der Waals surface area contributed by atoms with Crippen LogP contribution in [0.4, 0.5) is 0 Å². The molecule has 7 N–H and O–H groups in total. The molecule has 0 bridgehead atoms. The topological polar surface area (TPSA) is 309 Å². The number of aromatic hydroxyl groups is 5. The highest BCUT2D eigenvalue weighted by molar-refractivity contribution is 6.42. The lowest BCUT2D eigenvalue weighted by molar-refractivity contribution is 0.255. The lowest BCUT2D eigenvalue weighted by Crippen LogP contribution is -2.32. The Morgan fingerprint density at radius 1 is 0.345 bits per heavy atom. The zero-order valence-corrected chi connectivity index (χ0v) is 71.4. The maximum atomic E-state index is 12.8. The molecule has 0 fully saturated rings. The first-order valence-electron chi connectivity index (χ1n) is 36.2.